The van der Waals surface area contributed by atoms with Gasteiger partial charge in [0.05, 0.1) is 10.5 Å². The Hall–Kier alpha value is -2.19. The minimum atomic E-state index is -3.68. The third-order valence-electron chi connectivity index (χ3n) is 6.65. The van der Waals surface area contributed by atoms with Crippen LogP contribution >= 0.6 is 0 Å². The van der Waals surface area contributed by atoms with Crippen LogP contribution in [-0.2, 0) is 10.0 Å². The molecule has 2 N–H and O–H groups in total. The Bertz CT molecular complexity index is 1120. The number of aromatic nitrogens is 1. The molecule has 1 saturated carbocycles. The monoisotopic (exact) mass is 445 g/mol. The van der Waals surface area contributed by atoms with Crippen LogP contribution in [0.2, 0.25) is 0 Å². The summed E-state index contributed by atoms with van der Waals surface area (Å²) in [7, 11) is -3.68. The van der Waals surface area contributed by atoms with Crippen LogP contribution in [0.4, 0.5) is 0 Å². The highest BCUT2D eigenvalue weighted by Crippen LogP contribution is 2.29. The minimum absolute atomic E-state index is 0.000835. The summed E-state index contributed by atoms with van der Waals surface area (Å²) in [6.07, 6.45) is 8.73. The van der Waals surface area contributed by atoms with Gasteiger partial charge in [0.15, 0.2) is 0 Å². The van der Waals surface area contributed by atoms with Crippen LogP contribution in [0.15, 0.2) is 34.0 Å². The molecule has 2 heterocycles. The molecule has 1 unspecified atom stereocenters. The standard InChI is InChI=1S/C23H31N3O4S/c1-2-17-10-6-7-13-26(17)31(29,30)18-11-12-21-19(14-18)20(15-22(27)25-21)23(28)24-16-8-4-3-5-9-16/h11-12,14-17H,2-10,13H2,1H3,(H,24,28)(H,25,27). The molecule has 4 rings (SSSR count). The number of pyridine rings is 1. The summed E-state index contributed by atoms with van der Waals surface area (Å²) in [6.45, 7) is 2.52. The summed E-state index contributed by atoms with van der Waals surface area (Å²) in [4.78, 5) is 28.1. The van der Waals surface area contributed by atoms with Crippen molar-refractivity contribution in [1.29, 1.82) is 0 Å². The number of H-pyrrole nitrogens is 1. The largest absolute Gasteiger partial charge is 0.349 e. The average molecular weight is 446 g/mol. The number of rotatable bonds is 5. The third kappa shape index (κ3) is 4.55. The molecule has 1 amide bonds. The van der Waals surface area contributed by atoms with E-state index >= 15 is 0 Å². The number of piperidine rings is 1. The maximum Gasteiger partial charge on any atom is 0.252 e. The highest BCUT2D eigenvalue weighted by atomic mass is 32.2. The van der Waals surface area contributed by atoms with Crippen LogP contribution in [0.25, 0.3) is 10.9 Å². The van der Waals surface area contributed by atoms with E-state index in [4.69, 9.17) is 0 Å². The number of fused-ring (bicyclic) bond motifs is 1. The highest BCUT2D eigenvalue weighted by molar-refractivity contribution is 7.89. The van der Waals surface area contributed by atoms with E-state index in [0.717, 1.165) is 51.4 Å². The molecule has 1 aromatic heterocycles. The average Bonchev–Trinajstić information content (AvgIpc) is 2.78. The highest BCUT2D eigenvalue weighted by Gasteiger charge is 2.33. The van der Waals surface area contributed by atoms with Gasteiger partial charge in [-0.3, -0.25) is 9.59 Å². The van der Waals surface area contributed by atoms with Gasteiger partial charge in [0.2, 0.25) is 15.6 Å². The third-order valence-corrected chi connectivity index (χ3v) is 8.60. The smallest absolute Gasteiger partial charge is 0.252 e. The summed E-state index contributed by atoms with van der Waals surface area (Å²) in [6, 6.07) is 6.02. The lowest BCUT2D eigenvalue weighted by Crippen LogP contribution is -2.43. The lowest BCUT2D eigenvalue weighted by molar-refractivity contribution is 0.0929. The topological polar surface area (TPSA) is 99.3 Å². The van der Waals surface area contributed by atoms with Crippen molar-refractivity contribution in [3.8, 4) is 0 Å². The summed E-state index contributed by atoms with van der Waals surface area (Å²) in [5.41, 5.74) is 0.317. The van der Waals surface area contributed by atoms with Gasteiger partial charge < -0.3 is 10.3 Å². The second-order valence-electron chi connectivity index (χ2n) is 8.74. The number of nitrogens with one attached hydrogen (secondary N) is 2. The van der Waals surface area contributed by atoms with Gasteiger partial charge in [-0.1, -0.05) is 32.6 Å². The van der Waals surface area contributed by atoms with Crippen LogP contribution < -0.4 is 10.9 Å². The molecular formula is C23H31N3O4S. The Balaban J connectivity index is 1.72. The first-order valence-corrected chi connectivity index (χ1v) is 12.8. The van der Waals surface area contributed by atoms with Gasteiger partial charge in [0.1, 0.15) is 0 Å². The number of benzene rings is 1. The number of hydrogen-bond donors (Lipinski definition) is 2. The second-order valence-corrected chi connectivity index (χ2v) is 10.6. The van der Waals surface area contributed by atoms with Crippen molar-refractivity contribution in [3.63, 3.8) is 0 Å². The van der Waals surface area contributed by atoms with Crippen LogP contribution in [0.5, 0.6) is 0 Å². The zero-order valence-corrected chi connectivity index (χ0v) is 18.8. The van der Waals surface area contributed by atoms with E-state index in [1.165, 1.54) is 24.6 Å². The Kier molecular flexibility index (Phi) is 6.48. The first kappa shape index (κ1) is 22.0. The SMILES string of the molecule is CCC1CCCCN1S(=O)(=O)c1ccc2[nH]c(=O)cc(C(=O)NC3CCCCC3)c2c1. The molecule has 0 radical (unpaired) electrons. The number of aromatic amines is 1. The molecule has 1 aliphatic heterocycles. The van der Waals surface area contributed by atoms with Gasteiger partial charge in [-0.25, -0.2) is 8.42 Å². The lowest BCUT2D eigenvalue weighted by atomic mass is 9.95. The molecular weight excluding hydrogens is 414 g/mol. The van der Waals surface area contributed by atoms with Crippen molar-refractivity contribution in [2.45, 2.75) is 81.7 Å². The van der Waals surface area contributed by atoms with Crippen molar-refractivity contribution < 1.29 is 13.2 Å². The van der Waals surface area contributed by atoms with Crippen molar-refractivity contribution in [2.75, 3.05) is 6.54 Å². The van der Waals surface area contributed by atoms with Gasteiger partial charge in [0, 0.05) is 35.6 Å². The van der Waals surface area contributed by atoms with E-state index in [2.05, 4.69) is 10.3 Å². The number of amides is 1. The second kappa shape index (κ2) is 9.12. The molecule has 2 aromatic rings. The molecule has 31 heavy (non-hydrogen) atoms. The maximum atomic E-state index is 13.4. The lowest BCUT2D eigenvalue weighted by Gasteiger charge is -2.34. The van der Waals surface area contributed by atoms with Crippen LogP contribution in [0, 0.1) is 0 Å². The van der Waals surface area contributed by atoms with Crippen molar-refractivity contribution in [1.82, 2.24) is 14.6 Å². The van der Waals surface area contributed by atoms with Gasteiger partial charge >= 0.3 is 0 Å². The van der Waals surface area contributed by atoms with Gasteiger partial charge in [-0.15, -0.1) is 0 Å². The number of sulfonamides is 1. The molecule has 1 saturated heterocycles. The molecule has 0 bridgehead atoms. The predicted octanol–water partition coefficient (Wildman–Crippen LogP) is 3.54. The van der Waals surface area contributed by atoms with Crippen molar-refractivity contribution in [2.24, 2.45) is 0 Å². The van der Waals surface area contributed by atoms with Crippen LogP contribution in [-0.4, -0.2) is 42.2 Å². The van der Waals surface area contributed by atoms with E-state index in [0.29, 0.717) is 17.4 Å². The molecule has 1 aromatic carbocycles. The van der Waals surface area contributed by atoms with E-state index in [1.807, 2.05) is 6.92 Å². The quantitative estimate of drug-likeness (QED) is 0.735. The van der Waals surface area contributed by atoms with E-state index in [1.54, 1.807) is 10.4 Å². The first-order chi connectivity index (χ1) is 14.9. The minimum Gasteiger partial charge on any atom is -0.349 e. The summed E-state index contributed by atoms with van der Waals surface area (Å²) in [5.74, 6) is -0.318. The Morgan fingerprint density at radius 3 is 2.58 bits per heavy atom. The van der Waals surface area contributed by atoms with Gasteiger partial charge in [0.25, 0.3) is 5.91 Å². The number of nitrogens with zero attached hydrogens (tertiary/aromatic N) is 1. The first-order valence-electron chi connectivity index (χ1n) is 11.4. The number of carbonyl (C=O) groups is 1. The molecule has 2 aliphatic rings. The van der Waals surface area contributed by atoms with Crippen LogP contribution in [0.3, 0.4) is 0 Å². The van der Waals surface area contributed by atoms with Crippen molar-refractivity contribution >= 4 is 26.8 Å². The molecule has 7 nitrogen and oxygen atoms in total. The molecule has 1 aliphatic carbocycles. The number of hydrogen-bond acceptors (Lipinski definition) is 4. The summed E-state index contributed by atoms with van der Waals surface area (Å²) < 4.78 is 28.4. The Morgan fingerprint density at radius 2 is 1.84 bits per heavy atom. The van der Waals surface area contributed by atoms with Gasteiger partial charge in [-0.2, -0.15) is 4.31 Å². The van der Waals surface area contributed by atoms with Gasteiger partial charge in [-0.05, 0) is 50.3 Å². The predicted molar refractivity (Wildman–Crippen MR) is 121 cm³/mol. The fourth-order valence-electron chi connectivity index (χ4n) is 4.92. The van der Waals surface area contributed by atoms with E-state index in [9.17, 15) is 18.0 Å². The molecule has 8 heteroatoms. The normalized spacial score (nSPS) is 21.3. The summed E-state index contributed by atoms with van der Waals surface area (Å²) in [5, 5.41) is 3.50. The molecule has 2 fully saturated rings. The zero-order chi connectivity index (χ0) is 22.0. The maximum absolute atomic E-state index is 13.4. The molecule has 1 atom stereocenters. The summed E-state index contributed by atoms with van der Waals surface area (Å²) >= 11 is 0. The van der Waals surface area contributed by atoms with E-state index in [-0.39, 0.29) is 34.0 Å². The molecule has 0 spiro atoms. The van der Waals surface area contributed by atoms with Crippen molar-refractivity contribution in [3.05, 3.63) is 40.2 Å². The fraction of sp³-hybridized carbons (Fsp3) is 0.565. The zero-order valence-electron chi connectivity index (χ0n) is 18.0. The molecule has 168 valence electrons. The Morgan fingerprint density at radius 1 is 1.10 bits per heavy atom. The Labute approximate surface area is 183 Å². The number of carbonyl (C=O) groups excluding carboxylic acids is 1. The fourth-order valence-corrected chi connectivity index (χ4v) is 6.72. The van der Waals surface area contributed by atoms with E-state index < -0.39 is 10.0 Å². The van der Waals surface area contributed by atoms with Crippen LogP contribution in [0.1, 0.15) is 75.1 Å².